The first-order valence-electron chi connectivity index (χ1n) is 9.08. The second-order valence-corrected chi connectivity index (χ2v) is 9.90. The molecule has 0 radical (unpaired) electrons. The van der Waals surface area contributed by atoms with Crippen molar-refractivity contribution < 1.29 is 22.7 Å². The van der Waals surface area contributed by atoms with E-state index in [4.69, 9.17) is 9.88 Å². The monoisotopic (exact) mass is 446 g/mol. The molecule has 1 atom stereocenters. The van der Waals surface area contributed by atoms with Crippen LogP contribution in [0.3, 0.4) is 0 Å². The zero-order valence-electron chi connectivity index (χ0n) is 16.8. The summed E-state index contributed by atoms with van der Waals surface area (Å²) in [6, 6.07) is 3.60. The smallest absolute Gasteiger partial charge is 0.249 e. The topological polar surface area (TPSA) is 127 Å². The Balaban J connectivity index is 1.90. The first kappa shape index (κ1) is 23.6. The molecule has 0 fully saturated rings. The fourth-order valence-electron chi connectivity index (χ4n) is 2.66. The van der Waals surface area contributed by atoms with E-state index in [0.29, 0.717) is 11.4 Å². The summed E-state index contributed by atoms with van der Waals surface area (Å²) in [5.41, 5.74) is 0.542. The highest BCUT2D eigenvalue weighted by Crippen LogP contribution is 2.24. The van der Waals surface area contributed by atoms with Crippen molar-refractivity contribution in [3.63, 3.8) is 0 Å². The average molecular weight is 447 g/mol. The Morgan fingerprint density at radius 1 is 1.34 bits per heavy atom. The van der Waals surface area contributed by atoms with Gasteiger partial charge in [0.25, 0.3) is 0 Å². The van der Waals surface area contributed by atoms with Gasteiger partial charge in [0.1, 0.15) is 24.2 Å². The van der Waals surface area contributed by atoms with Crippen molar-refractivity contribution in [2.75, 3.05) is 13.2 Å². The first-order chi connectivity index (χ1) is 13.4. The lowest BCUT2D eigenvalue weighted by molar-refractivity contribution is 0.0962. The van der Waals surface area contributed by atoms with Gasteiger partial charge in [0.15, 0.2) is 0 Å². The molecule has 162 valence electrons. The fraction of sp³-hybridized carbons (Fsp3) is 0.556. The number of aliphatic hydroxyl groups excluding tert-OH is 1. The highest BCUT2D eigenvalue weighted by Gasteiger charge is 2.23. The highest BCUT2D eigenvalue weighted by atomic mass is 32.2. The van der Waals surface area contributed by atoms with E-state index in [2.05, 4.69) is 14.1 Å². The van der Waals surface area contributed by atoms with Crippen molar-refractivity contribution in [1.29, 1.82) is 0 Å². The molecule has 0 aliphatic heterocycles. The van der Waals surface area contributed by atoms with Gasteiger partial charge in [-0.25, -0.2) is 17.9 Å². The first-order valence-corrected chi connectivity index (χ1v) is 11.4. The van der Waals surface area contributed by atoms with Crippen LogP contribution in [0.25, 0.3) is 0 Å². The van der Waals surface area contributed by atoms with E-state index >= 15 is 0 Å². The molecule has 0 saturated heterocycles. The predicted octanol–water partition coefficient (Wildman–Crippen LogP) is 1.80. The van der Waals surface area contributed by atoms with E-state index in [9.17, 15) is 17.9 Å². The number of aromatic nitrogens is 2. The normalized spacial score (nSPS) is 13.7. The molecule has 0 unspecified atom stereocenters. The molecule has 0 spiro atoms. The van der Waals surface area contributed by atoms with Gasteiger partial charge in [0.2, 0.25) is 15.9 Å². The minimum Gasteiger partial charge on any atom is -0.473 e. The number of nitrogens with two attached hydrogens (primary N) is 1. The quantitative estimate of drug-likeness (QED) is 0.508. The molecule has 0 aliphatic rings. The van der Waals surface area contributed by atoms with Crippen molar-refractivity contribution >= 4 is 21.8 Å². The number of nitrogens with one attached hydrogen (secondary N) is 1. The van der Waals surface area contributed by atoms with Crippen LogP contribution in [0.1, 0.15) is 44.9 Å². The van der Waals surface area contributed by atoms with Crippen molar-refractivity contribution in [1.82, 2.24) is 14.1 Å². The number of nitrogens with zero attached hydrogens (tertiary/aromatic N) is 2. The van der Waals surface area contributed by atoms with Crippen molar-refractivity contribution in [2.24, 2.45) is 5.14 Å². The van der Waals surface area contributed by atoms with Gasteiger partial charge in [0, 0.05) is 18.0 Å². The van der Waals surface area contributed by atoms with Crippen molar-refractivity contribution in [2.45, 2.75) is 56.6 Å². The van der Waals surface area contributed by atoms with Crippen LogP contribution >= 0.6 is 11.7 Å². The van der Waals surface area contributed by atoms with Crippen LogP contribution in [0.5, 0.6) is 5.88 Å². The number of aliphatic hydroxyl groups is 1. The van der Waals surface area contributed by atoms with Crippen LogP contribution < -0.4 is 15.2 Å². The maximum Gasteiger partial charge on any atom is 0.249 e. The number of β-amino-alcohol motifs (C(OH)–C–C–N with tert-alkyl or cyclic N) is 1. The molecule has 8 nitrogen and oxygen atoms in total. The van der Waals surface area contributed by atoms with Crippen LogP contribution in [0.2, 0.25) is 0 Å². The second-order valence-electron chi connectivity index (χ2n) is 7.81. The summed E-state index contributed by atoms with van der Waals surface area (Å²) in [5, 5.41) is 18.4. The zero-order valence-corrected chi connectivity index (χ0v) is 18.5. The number of hydrogen-bond donors (Lipinski definition) is 3. The van der Waals surface area contributed by atoms with E-state index in [1.165, 1.54) is 12.1 Å². The van der Waals surface area contributed by atoms with Crippen LogP contribution in [0.4, 0.5) is 4.39 Å². The highest BCUT2D eigenvalue weighted by molar-refractivity contribution is 7.89. The second kappa shape index (κ2) is 9.43. The molecule has 0 bridgehead atoms. The molecule has 0 aliphatic carbocycles. The Morgan fingerprint density at radius 3 is 2.62 bits per heavy atom. The summed E-state index contributed by atoms with van der Waals surface area (Å²) >= 11 is 1.07. The van der Waals surface area contributed by atoms with Gasteiger partial charge in [-0.15, -0.1) is 4.37 Å². The molecule has 11 heteroatoms. The Morgan fingerprint density at radius 2 is 2.03 bits per heavy atom. The third-order valence-electron chi connectivity index (χ3n) is 4.24. The molecule has 1 aromatic heterocycles. The Bertz CT molecular complexity index is 932. The van der Waals surface area contributed by atoms with E-state index in [1.807, 2.05) is 27.7 Å². The van der Waals surface area contributed by atoms with Gasteiger partial charge in [-0.2, -0.15) is 4.37 Å². The lowest BCUT2D eigenvalue weighted by atomic mass is 9.94. The summed E-state index contributed by atoms with van der Waals surface area (Å²) in [5.74, 6) is -0.0404. The van der Waals surface area contributed by atoms with Gasteiger partial charge in [-0.3, -0.25) is 0 Å². The van der Waals surface area contributed by atoms with E-state index < -0.39 is 27.5 Å². The molecule has 1 aromatic carbocycles. The van der Waals surface area contributed by atoms with E-state index in [-0.39, 0.29) is 30.4 Å². The Kier molecular flexibility index (Phi) is 7.68. The number of rotatable bonds is 10. The minimum absolute atomic E-state index is 0.0473. The third kappa shape index (κ3) is 6.96. The number of primary sulfonamides is 1. The number of halogens is 1. The molecule has 2 aromatic rings. The maximum absolute atomic E-state index is 14.3. The maximum atomic E-state index is 14.3. The molecule has 1 heterocycles. The average Bonchev–Trinajstić information content (AvgIpc) is 3.08. The van der Waals surface area contributed by atoms with Gasteiger partial charge in [0.05, 0.1) is 16.6 Å². The van der Waals surface area contributed by atoms with Crippen LogP contribution in [0, 0.1) is 5.82 Å². The summed E-state index contributed by atoms with van der Waals surface area (Å²) < 4.78 is 50.7. The summed E-state index contributed by atoms with van der Waals surface area (Å²) in [7, 11) is -3.95. The molecular weight excluding hydrogens is 419 g/mol. The largest absolute Gasteiger partial charge is 0.473 e. The number of benzene rings is 1. The summed E-state index contributed by atoms with van der Waals surface area (Å²) in [6.07, 6.45) is -0.518. The summed E-state index contributed by atoms with van der Waals surface area (Å²) in [6.45, 7) is 7.95. The predicted molar refractivity (Wildman–Crippen MR) is 109 cm³/mol. The van der Waals surface area contributed by atoms with Crippen molar-refractivity contribution in [3.8, 4) is 5.88 Å². The van der Waals surface area contributed by atoms with Gasteiger partial charge in [-0.05, 0) is 38.0 Å². The third-order valence-corrected chi connectivity index (χ3v) is 5.68. The Labute approximate surface area is 174 Å². The van der Waals surface area contributed by atoms with E-state index in [1.54, 1.807) is 0 Å². The molecule has 0 saturated carbocycles. The SMILES string of the molecule is CC(C)c1nsnc1OC[C@@H](O)CNC(C)(C)Cc1ccc(S(N)(=O)=O)cc1F. The molecule has 4 N–H and O–H groups in total. The standard InChI is InChI=1S/C18H27FN4O4S2/c1-11(2)16-17(23-28-22-16)27-10-13(24)9-21-18(3,4)8-12-5-6-14(7-15(12)19)29(20,25)26/h5-7,11,13,21,24H,8-10H2,1-4H3,(H2,20,25,26)/t13-/m0/s1. The lowest BCUT2D eigenvalue weighted by Gasteiger charge is -2.28. The molecular formula is C18H27FN4O4S2. The summed E-state index contributed by atoms with van der Waals surface area (Å²) in [4.78, 5) is -0.269. The number of ether oxygens (including phenoxy) is 1. The van der Waals surface area contributed by atoms with Crippen LogP contribution in [0.15, 0.2) is 23.1 Å². The minimum atomic E-state index is -3.95. The van der Waals surface area contributed by atoms with Crippen molar-refractivity contribution in [3.05, 3.63) is 35.3 Å². The number of sulfonamides is 1. The molecule has 0 amide bonds. The van der Waals surface area contributed by atoms with Crippen LogP contribution in [-0.2, 0) is 16.4 Å². The van der Waals surface area contributed by atoms with Gasteiger partial charge < -0.3 is 15.2 Å². The van der Waals surface area contributed by atoms with Gasteiger partial charge >= 0.3 is 0 Å². The lowest BCUT2D eigenvalue weighted by Crippen LogP contribution is -2.46. The fourth-order valence-corrected chi connectivity index (χ4v) is 3.82. The van der Waals surface area contributed by atoms with E-state index in [0.717, 1.165) is 23.5 Å². The molecule has 29 heavy (non-hydrogen) atoms. The molecule has 2 rings (SSSR count). The zero-order chi connectivity index (χ0) is 21.8. The Hall–Kier alpha value is -1.66. The number of hydrogen-bond acceptors (Lipinski definition) is 8. The van der Waals surface area contributed by atoms with Gasteiger partial charge in [-0.1, -0.05) is 19.9 Å². The van der Waals surface area contributed by atoms with Crippen LogP contribution in [-0.4, -0.2) is 47.1 Å².